The maximum atomic E-state index is 7.09. The SMILES string of the molecule is CC1CC(C)CC(C2(N)CC(C)CCC2C(C)C)C1. The Bertz CT molecular complexity index is 288. The van der Waals surface area contributed by atoms with Gasteiger partial charge in [-0.1, -0.05) is 41.0 Å². The van der Waals surface area contributed by atoms with Crippen LogP contribution in [-0.4, -0.2) is 5.54 Å². The monoisotopic (exact) mass is 265 g/mol. The summed E-state index contributed by atoms with van der Waals surface area (Å²) in [4.78, 5) is 0. The first kappa shape index (κ1) is 15.4. The van der Waals surface area contributed by atoms with Gasteiger partial charge in [-0.25, -0.2) is 0 Å². The maximum Gasteiger partial charge on any atom is 0.0216 e. The average molecular weight is 265 g/mol. The summed E-state index contributed by atoms with van der Waals surface area (Å²) in [6.45, 7) is 12.1. The van der Waals surface area contributed by atoms with E-state index in [4.69, 9.17) is 5.73 Å². The third kappa shape index (κ3) is 3.17. The van der Waals surface area contributed by atoms with Crippen molar-refractivity contribution in [3.8, 4) is 0 Å². The van der Waals surface area contributed by atoms with Crippen LogP contribution < -0.4 is 5.73 Å². The largest absolute Gasteiger partial charge is 0.325 e. The van der Waals surface area contributed by atoms with Gasteiger partial charge >= 0.3 is 0 Å². The molecular weight excluding hydrogens is 230 g/mol. The molecule has 2 saturated carbocycles. The van der Waals surface area contributed by atoms with Gasteiger partial charge in [0.2, 0.25) is 0 Å². The summed E-state index contributed by atoms with van der Waals surface area (Å²) in [6, 6.07) is 0. The smallest absolute Gasteiger partial charge is 0.0216 e. The van der Waals surface area contributed by atoms with Crippen LogP contribution in [0.25, 0.3) is 0 Å². The fourth-order valence-electron chi connectivity index (χ4n) is 5.40. The van der Waals surface area contributed by atoms with E-state index < -0.39 is 0 Å². The van der Waals surface area contributed by atoms with Gasteiger partial charge in [-0.05, 0) is 67.6 Å². The zero-order valence-corrected chi connectivity index (χ0v) is 13.8. The Morgan fingerprint density at radius 2 is 1.47 bits per heavy atom. The fourth-order valence-corrected chi connectivity index (χ4v) is 5.40. The van der Waals surface area contributed by atoms with E-state index in [1.165, 1.54) is 38.5 Å². The van der Waals surface area contributed by atoms with Crippen LogP contribution in [0, 0.1) is 35.5 Å². The first-order chi connectivity index (χ1) is 8.83. The van der Waals surface area contributed by atoms with Crippen LogP contribution in [0.3, 0.4) is 0 Å². The zero-order valence-electron chi connectivity index (χ0n) is 13.8. The molecule has 1 heteroatoms. The quantitative estimate of drug-likeness (QED) is 0.759. The van der Waals surface area contributed by atoms with E-state index in [0.29, 0.717) is 0 Å². The van der Waals surface area contributed by atoms with Crippen LogP contribution in [0.1, 0.15) is 73.1 Å². The Hall–Kier alpha value is -0.0400. The number of nitrogens with two attached hydrogens (primary N) is 1. The number of rotatable bonds is 2. The van der Waals surface area contributed by atoms with E-state index in [2.05, 4.69) is 34.6 Å². The Kier molecular flexibility index (Phi) is 4.65. The van der Waals surface area contributed by atoms with Crippen molar-refractivity contribution in [2.75, 3.05) is 0 Å². The van der Waals surface area contributed by atoms with Gasteiger partial charge in [-0.2, -0.15) is 0 Å². The van der Waals surface area contributed by atoms with Crippen molar-refractivity contribution in [1.29, 1.82) is 0 Å². The number of hydrogen-bond donors (Lipinski definition) is 1. The highest BCUT2D eigenvalue weighted by atomic mass is 14.8. The Balaban J connectivity index is 2.20. The molecule has 5 unspecified atom stereocenters. The molecule has 0 aromatic carbocycles. The van der Waals surface area contributed by atoms with Crippen molar-refractivity contribution in [1.82, 2.24) is 0 Å². The van der Waals surface area contributed by atoms with E-state index >= 15 is 0 Å². The maximum absolute atomic E-state index is 7.09. The van der Waals surface area contributed by atoms with Crippen LogP contribution in [0.15, 0.2) is 0 Å². The second kappa shape index (κ2) is 5.76. The molecular formula is C18H35N. The molecule has 0 spiro atoms. The molecule has 112 valence electrons. The second-order valence-corrected chi connectivity index (χ2v) is 8.46. The van der Waals surface area contributed by atoms with Crippen molar-refractivity contribution in [2.24, 2.45) is 41.2 Å². The molecule has 0 aromatic rings. The van der Waals surface area contributed by atoms with Crippen LogP contribution in [0.5, 0.6) is 0 Å². The summed E-state index contributed by atoms with van der Waals surface area (Å²) in [7, 11) is 0. The minimum atomic E-state index is 0.120. The highest BCUT2D eigenvalue weighted by Crippen LogP contribution is 2.49. The molecule has 0 aromatic heterocycles. The summed E-state index contributed by atoms with van der Waals surface area (Å²) in [5.41, 5.74) is 7.21. The molecule has 5 atom stereocenters. The third-order valence-corrected chi connectivity index (χ3v) is 6.11. The Morgan fingerprint density at radius 3 is 2.00 bits per heavy atom. The molecule has 0 amide bonds. The molecule has 0 saturated heterocycles. The lowest BCUT2D eigenvalue weighted by atomic mass is 9.56. The third-order valence-electron chi connectivity index (χ3n) is 6.11. The van der Waals surface area contributed by atoms with Gasteiger partial charge in [0.25, 0.3) is 0 Å². The normalized spacial score (nSPS) is 48.5. The molecule has 0 heterocycles. The van der Waals surface area contributed by atoms with Gasteiger partial charge in [0.15, 0.2) is 0 Å². The predicted octanol–water partition coefficient (Wildman–Crippen LogP) is 4.85. The second-order valence-electron chi connectivity index (χ2n) is 8.46. The number of hydrogen-bond acceptors (Lipinski definition) is 1. The van der Waals surface area contributed by atoms with Gasteiger partial charge < -0.3 is 5.73 Å². The van der Waals surface area contributed by atoms with Crippen LogP contribution in [-0.2, 0) is 0 Å². The first-order valence-corrected chi connectivity index (χ1v) is 8.61. The lowest BCUT2D eigenvalue weighted by Crippen LogP contribution is -2.59. The van der Waals surface area contributed by atoms with E-state index in [1.807, 2.05) is 0 Å². The van der Waals surface area contributed by atoms with Crippen molar-refractivity contribution in [3.63, 3.8) is 0 Å². The minimum Gasteiger partial charge on any atom is -0.325 e. The molecule has 1 nitrogen and oxygen atoms in total. The van der Waals surface area contributed by atoms with Gasteiger partial charge in [-0.3, -0.25) is 0 Å². The van der Waals surface area contributed by atoms with Crippen molar-refractivity contribution >= 4 is 0 Å². The molecule has 0 aliphatic heterocycles. The molecule has 0 radical (unpaired) electrons. The van der Waals surface area contributed by atoms with E-state index in [9.17, 15) is 0 Å². The summed E-state index contributed by atoms with van der Waals surface area (Å²) in [5.74, 6) is 4.82. The minimum absolute atomic E-state index is 0.120. The fraction of sp³-hybridized carbons (Fsp3) is 1.00. The molecule has 19 heavy (non-hydrogen) atoms. The van der Waals surface area contributed by atoms with Gasteiger partial charge in [0.05, 0.1) is 0 Å². The Labute approximate surface area is 120 Å². The first-order valence-electron chi connectivity index (χ1n) is 8.61. The molecule has 2 aliphatic carbocycles. The highest BCUT2D eigenvalue weighted by Gasteiger charge is 2.47. The topological polar surface area (TPSA) is 26.0 Å². The predicted molar refractivity (Wildman–Crippen MR) is 83.9 cm³/mol. The summed E-state index contributed by atoms with van der Waals surface area (Å²) in [6.07, 6.45) is 8.16. The van der Waals surface area contributed by atoms with Crippen LogP contribution in [0.4, 0.5) is 0 Å². The highest BCUT2D eigenvalue weighted by molar-refractivity contribution is 5.03. The summed E-state index contributed by atoms with van der Waals surface area (Å²) in [5, 5.41) is 0. The van der Waals surface area contributed by atoms with E-state index in [1.54, 1.807) is 0 Å². The van der Waals surface area contributed by atoms with Crippen LogP contribution >= 0.6 is 0 Å². The van der Waals surface area contributed by atoms with E-state index in [-0.39, 0.29) is 5.54 Å². The molecule has 2 fully saturated rings. The standard InChI is InChI=1S/C18H35N/c1-12(2)17-7-6-13(3)11-18(17,19)16-9-14(4)8-15(5)10-16/h12-17H,6-11,19H2,1-5H3. The lowest BCUT2D eigenvalue weighted by molar-refractivity contribution is 0.0199. The van der Waals surface area contributed by atoms with Crippen molar-refractivity contribution < 1.29 is 0 Å². The van der Waals surface area contributed by atoms with Gasteiger partial charge in [-0.15, -0.1) is 0 Å². The average Bonchev–Trinajstić information content (AvgIpc) is 2.26. The summed E-state index contributed by atoms with van der Waals surface area (Å²) < 4.78 is 0. The molecule has 2 rings (SSSR count). The van der Waals surface area contributed by atoms with Crippen LogP contribution in [0.2, 0.25) is 0 Å². The lowest BCUT2D eigenvalue weighted by Gasteiger charge is -2.53. The van der Waals surface area contributed by atoms with Crippen molar-refractivity contribution in [2.45, 2.75) is 78.7 Å². The molecule has 0 bridgehead atoms. The van der Waals surface area contributed by atoms with Gasteiger partial charge in [0.1, 0.15) is 0 Å². The van der Waals surface area contributed by atoms with Gasteiger partial charge in [0, 0.05) is 5.54 Å². The molecule has 2 N–H and O–H groups in total. The summed E-state index contributed by atoms with van der Waals surface area (Å²) >= 11 is 0. The van der Waals surface area contributed by atoms with Crippen molar-refractivity contribution in [3.05, 3.63) is 0 Å². The molecule has 2 aliphatic rings. The van der Waals surface area contributed by atoms with E-state index in [0.717, 1.165) is 35.5 Å². The Morgan fingerprint density at radius 1 is 0.895 bits per heavy atom. The zero-order chi connectivity index (χ0) is 14.2.